The average Bonchev–Trinajstić information content (AvgIpc) is 2.07. The Bertz CT molecular complexity index is 108. The molecule has 3 heteroatoms. The van der Waals surface area contributed by atoms with Gasteiger partial charge < -0.3 is 10.4 Å². The van der Waals surface area contributed by atoms with Crippen molar-refractivity contribution in [2.45, 2.75) is 31.7 Å². The van der Waals surface area contributed by atoms with Crippen molar-refractivity contribution in [1.29, 1.82) is 0 Å². The highest BCUT2D eigenvalue weighted by Gasteiger charge is 2.30. The van der Waals surface area contributed by atoms with Gasteiger partial charge in [-0.05, 0) is 31.6 Å². The van der Waals surface area contributed by atoms with Crippen LogP contribution >= 0.6 is 11.8 Å². The maximum absolute atomic E-state index is 8.96. The molecular weight excluding hydrogens is 170 g/mol. The minimum absolute atomic E-state index is 0.242. The van der Waals surface area contributed by atoms with Crippen LogP contribution in [0.25, 0.3) is 0 Å². The summed E-state index contributed by atoms with van der Waals surface area (Å²) in [6, 6.07) is 0. The first kappa shape index (κ1) is 10.4. The molecule has 0 saturated carbocycles. The first-order valence-electron chi connectivity index (χ1n) is 4.76. The highest BCUT2D eigenvalue weighted by atomic mass is 32.2. The van der Waals surface area contributed by atoms with Gasteiger partial charge >= 0.3 is 0 Å². The number of aliphatic hydroxyl groups is 1. The lowest BCUT2D eigenvalue weighted by molar-refractivity contribution is 0.214. The molecular formula is C9H19NOS. The standard InChI is InChI=1S/C9H19NOS/c1-2-10-9(5-6-11)4-3-7-12-8-9/h10-11H,2-8H2,1H3. The van der Waals surface area contributed by atoms with E-state index >= 15 is 0 Å². The normalized spacial score (nSPS) is 30.5. The molecule has 2 nitrogen and oxygen atoms in total. The third-order valence-corrected chi connectivity index (χ3v) is 3.80. The van der Waals surface area contributed by atoms with E-state index in [0.717, 1.165) is 13.0 Å². The van der Waals surface area contributed by atoms with Crippen LogP contribution in [0, 0.1) is 0 Å². The van der Waals surface area contributed by atoms with Crippen LogP contribution in [0.5, 0.6) is 0 Å². The number of aliphatic hydroxyl groups excluding tert-OH is 1. The Hall–Kier alpha value is 0.270. The largest absolute Gasteiger partial charge is 0.396 e. The summed E-state index contributed by atoms with van der Waals surface area (Å²) in [4.78, 5) is 0. The van der Waals surface area contributed by atoms with E-state index in [0.29, 0.717) is 6.61 Å². The summed E-state index contributed by atoms with van der Waals surface area (Å²) in [6.45, 7) is 3.46. The van der Waals surface area contributed by atoms with E-state index in [-0.39, 0.29) is 5.54 Å². The third kappa shape index (κ3) is 2.64. The summed E-state index contributed by atoms with van der Waals surface area (Å²) in [5.41, 5.74) is 0.242. The molecule has 1 fully saturated rings. The zero-order valence-electron chi connectivity index (χ0n) is 7.81. The van der Waals surface area contributed by atoms with Gasteiger partial charge in [-0.1, -0.05) is 6.92 Å². The lowest BCUT2D eigenvalue weighted by Gasteiger charge is -2.37. The predicted octanol–water partition coefficient (Wildman–Crippen LogP) is 1.24. The van der Waals surface area contributed by atoms with Gasteiger partial charge in [0.1, 0.15) is 0 Å². The summed E-state index contributed by atoms with van der Waals surface area (Å²) in [5, 5.41) is 12.5. The predicted molar refractivity (Wildman–Crippen MR) is 54.7 cm³/mol. The summed E-state index contributed by atoms with van der Waals surface area (Å²) in [5.74, 6) is 2.46. The first-order valence-corrected chi connectivity index (χ1v) is 5.92. The molecule has 0 radical (unpaired) electrons. The average molecular weight is 189 g/mol. The Morgan fingerprint density at radius 3 is 2.92 bits per heavy atom. The van der Waals surface area contributed by atoms with Crippen LogP contribution in [-0.4, -0.2) is 35.3 Å². The van der Waals surface area contributed by atoms with Crippen LogP contribution in [0.15, 0.2) is 0 Å². The summed E-state index contributed by atoms with van der Waals surface area (Å²) in [6.07, 6.45) is 3.43. The van der Waals surface area contributed by atoms with E-state index in [1.807, 2.05) is 11.8 Å². The van der Waals surface area contributed by atoms with E-state index in [1.54, 1.807) is 0 Å². The first-order chi connectivity index (χ1) is 5.83. The van der Waals surface area contributed by atoms with Crippen LogP contribution in [0.3, 0.4) is 0 Å². The molecule has 1 saturated heterocycles. The maximum Gasteiger partial charge on any atom is 0.0448 e. The van der Waals surface area contributed by atoms with E-state index in [1.165, 1.54) is 24.3 Å². The van der Waals surface area contributed by atoms with Crippen molar-refractivity contribution in [3.63, 3.8) is 0 Å². The lowest BCUT2D eigenvalue weighted by atomic mass is 9.92. The Balaban J connectivity index is 2.44. The zero-order chi connectivity index (χ0) is 8.86. The summed E-state index contributed by atoms with van der Waals surface area (Å²) < 4.78 is 0. The van der Waals surface area contributed by atoms with E-state index in [4.69, 9.17) is 5.11 Å². The minimum Gasteiger partial charge on any atom is -0.396 e. The van der Waals surface area contributed by atoms with Crippen molar-refractivity contribution in [3.05, 3.63) is 0 Å². The van der Waals surface area contributed by atoms with Gasteiger partial charge in [0, 0.05) is 17.9 Å². The third-order valence-electron chi connectivity index (χ3n) is 2.46. The van der Waals surface area contributed by atoms with Crippen molar-refractivity contribution in [2.75, 3.05) is 24.7 Å². The molecule has 1 aliphatic rings. The van der Waals surface area contributed by atoms with Crippen molar-refractivity contribution < 1.29 is 5.11 Å². The number of hydrogen-bond acceptors (Lipinski definition) is 3. The molecule has 72 valence electrons. The molecule has 1 rings (SSSR count). The Morgan fingerprint density at radius 1 is 1.58 bits per heavy atom. The lowest BCUT2D eigenvalue weighted by Crippen LogP contribution is -2.49. The molecule has 0 aromatic heterocycles. The second-order valence-corrected chi connectivity index (χ2v) is 4.55. The van der Waals surface area contributed by atoms with Gasteiger partial charge in [-0.25, -0.2) is 0 Å². The fraction of sp³-hybridized carbons (Fsp3) is 1.00. The molecule has 2 N–H and O–H groups in total. The molecule has 0 spiro atoms. The van der Waals surface area contributed by atoms with Gasteiger partial charge in [-0.15, -0.1) is 0 Å². The van der Waals surface area contributed by atoms with Crippen LogP contribution < -0.4 is 5.32 Å². The smallest absolute Gasteiger partial charge is 0.0448 e. The molecule has 1 unspecified atom stereocenters. The number of thioether (sulfide) groups is 1. The summed E-state index contributed by atoms with van der Waals surface area (Å²) >= 11 is 2.01. The highest BCUT2D eigenvalue weighted by Crippen LogP contribution is 2.29. The molecule has 0 bridgehead atoms. The molecule has 12 heavy (non-hydrogen) atoms. The number of nitrogens with one attached hydrogen (secondary N) is 1. The molecule has 0 aromatic carbocycles. The maximum atomic E-state index is 8.96. The fourth-order valence-electron chi connectivity index (χ4n) is 1.87. The zero-order valence-corrected chi connectivity index (χ0v) is 8.62. The molecule has 0 amide bonds. The van der Waals surface area contributed by atoms with Gasteiger partial charge in [-0.3, -0.25) is 0 Å². The van der Waals surface area contributed by atoms with E-state index in [2.05, 4.69) is 12.2 Å². The molecule has 1 heterocycles. The number of rotatable bonds is 4. The van der Waals surface area contributed by atoms with Crippen molar-refractivity contribution in [3.8, 4) is 0 Å². The van der Waals surface area contributed by atoms with Gasteiger partial charge in [0.25, 0.3) is 0 Å². The SMILES string of the molecule is CCNC1(CCO)CCCSC1. The molecule has 0 aliphatic carbocycles. The van der Waals surface area contributed by atoms with Gasteiger partial charge in [0.2, 0.25) is 0 Å². The minimum atomic E-state index is 0.242. The highest BCUT2D eigenvalue weighted by molar-refractivity contribution is 7.99. The van der Waals surface area contributed by atoms with Crippen molar-refractivity contribution in [1.82, 2.24) is 5.32 Å². The topological polar surface area (TPSA) is 32.3 Å². The van der Waals surface area contributed by atoms with E-state index in [9.17, 15) is 0 Å². The second kappa shape index (κ2) is 5.10. The summed E-state index contributed by atoms with van der Waals surface area (Å²) in [7, 11) is 0. The second-order valence-electron chi connectivity index (χ2n) is 3.44. The van der Waals surface area contributed by atoms with Crippen molar-refractivity contribution in [2.24, 2.45) is 0 Å². The fourth-order valence-corrected chi connectivity index (χ4v) is 3.14. The van der Waals surface area contributed by atoms with Crippen molar-refractivity contribution >= 4 is 11.8 Å². The molecule has 1 atom stereocenters. The quantitative estimate of drug-likeness (QED) is 0.698. The van der Waals surface area contributed by atoms with Gasteiger partial charge in [0.15, 0.2) is 0 Å². The Labute approximate surface area is 79.1 Å². The van der Waals surface area contributed by atoms with Crippen LogP contribution in [-0.2, 0) is 0 Å². The van der Waals surface area contributed by atoms with Gasteiger partial charge in [-0.2, -0.15) is 11.8 Å². The Kier molecular flexibility index (Phi) is 4.40. The van der Waals surface area contributed by atoms with Gasteiger partial charge in [0.05, 0.1) is 0 Å². The monoisotopic (exact) mass is 189 g/mol. The Morgan fingerprint density at radius 2 is 2.42 bits per heavy atom. The van der Waals surface area contributed by atoms with E-state index < -0.39 is 0 Å². The molecule has 0 aromatic rings. The number of hydrogen-bond donors (Lipinski definition) is 2. The van der Waals surface area contributed by atoms with Crippen LogP contribution in [0.2, 0.25) is 0 Å². The van der Waals surface area contributed by atoms with Crippen LogP contribution in [0.1, 0.15) is 26.2 Å². The van der Waals surface area contributed by atoms with Crippen LogP contribution in [0.4, 0.5) is 0 Å². The molecule has 1 aliphatic heterocycles.